The van der Waals surface area contributed by atoms with E-state index in [9.17, 15) is 4.79 Å². The highest BCUT2D eigenvalue weighted by molar-refractivity contribution is 6.31. The molecule has 1 atom stereocenters. The maximum Gasteiger partial charge on any atom is 0.318 e. The molecule has 2 heterocycles. The number of aromatic nitrogens is 1. The first-order valence-electron chi connectivity index (χ1n) is 9.60. The second kappa shape index (κ2) is 7.76. The number of hydrogen-bond donors (Lipinski definition) is 2. The Morgan fingerprint density at radius 2 is 2.07 bits per heavy atom. The molecule has 5 nitrogen and oxygen atoms in total. The summed E-state index contributed by atoms with van der Waals surface area (Å²) in [4.78, 5) is 18.4. The number of nitrogens with one attached hydrogen (secondary N) is 2. The van der Waals surface area contributed by atoms with E-state index in [1.54, 1.807) is 7.11 Å². The van der Waals surface area contributed by atoms with E-state index in [-0.39, 0.29) is 12.1 Å². The van der Waals surface area contributed by atoms with E-state index >= 15 is 0 Å². The summed E-state index contributed by atoms with van der Waals surface area (Å²) in [5, 5.41) is 4.88. The molecule has 0 spiro atoms. The molecule has 0 fully saturated rings. The van der Waals surface area contributed by atoms with Gasteiger partial charge in [-0.3, -0.25) is 0 Å². The van der Waals surface area contributed by atoms with Crippen molar-refractivity contribution < 1.29 is 9.53 Å². The zero-order valence-corrected chi connectivity index (χ0v) is 16.8. The lowest BCUT2D eigenvalue weighted by Gasteiger charge is -2.36. The molecule has 0 bridgehead atoms. The predicted molar refractivity (Wildman–Crippen MR) is 112 cm³/mol. The van der Waals surface area contributed by atoms with Crippen LogP contribution in [0, 0.1) is 0 Å². The Labute approximate surface area is 169 Å². The second-order valence-electron chi connectivity index (χ2n) is 7.06. The molecule has 2 aromatic carbocycles. The van der Waals surface area contributed by atoms with E-state index in [4.69, 9.17) is 16.3 Å². The quantitative estimate of drug-likeness (QED) is 0.658. The highest BCUT2D eigenvalue weighted by atomic mass is 35.5. The zero-order valence-electron chi connectivity index (χ0n) is 16.1. The second-order valence-corrected chi connectivity index (χ2v) is 7.49. The molecule has 0 radical (unpaired) electrons. The number of aromatic amines is 1. The third-order valence-electron chi connectivity index (χ3n) is 5.31. The van der Waals surface area contributed by atoms with E-state index in [1.165, 1.54) is 5.56 Å². The fraction of sp³-hybridized carbons (Fsp3) is 0.318. The molecule has 1 aliphatic rings. The number of urea groups is 1. The third kappa shape index (κ3) is 3.31. The van der Waals surface area contributed by atoms with Crippen LogP contribution in [0.3, 0.4) is 0 Å². The van der Waals surface area contributed by atoms with Gasteiger partial charge >= 0.3 is 6.03 Å². The number of carbonyl (C=O) groups is 1. The van der Waals surface area contributed by atoms with E-state index < -0.39 is 0 Å². The molecule has 0 unspecified atom stereocenters. The standard InChI is InChI=1S/C22H24ClN3O2/c1-3-11-24-22(27)26-12-10-17-18-13-15(23)6-9-19(18)25-20(17)21(26)14-4-7-16(28-2)8-5-14/h4-9,13,21,25H,3,10-12H2,1-2H3,(H,24,27)/t21-/m1/s1. The van der Waals surface area contributed by atoms with Gasteiger partial charge in [-0.05, 0) is 54.3 Å². The Balaban J connectivity index is 1.82. The van der Waals surface area contributed by atoms with Crippen LogP contribution in [-0.2, 0) is 6.42 Å². The van der Waals surface area contributed by atoms with Gasteiger partial charge in [0, 0.05) is 34.7 Å². The van der Waals surface area contributed by atoms with Gasteiger partial charge in [0.05, 0.1) is 13.2 Å². The van der Waals surface area contributed by atoms with Gasteiger partial charge in [0.2, 0.25) is 0 Å². The monoisotopic (exact) mass is 397 g/mol. The Kier molecular flexibility index (Phi) is 5.18. The minimum atomic E-state index is -0.183. The van der Waals surface area contributed by atoms with Crippen LogP contribution in [0.1, 0.15) is 36.2 Å². The summed E-state index contributed by atoms with van der Waals surface area (Å²) in [7, 11) is 1.65. The molecule has 28 heavy (non-hydrogen) atoms. The molecule has 2 amide bonds. The van der Waals surface area contributed by atoms with Gasteiger partial charge in [-0.2, -0.15) is 0 Å². The lowest BCUT2D eigenvalue weighted by Crippen LogP contribution is -2.46. The summed E-state index contributed by atoms with van der Waals surface area (Å²) >= 11 is 6.24. The molecular weight excluding hydrogens is 374 g/mol. The number of H-pyrrole nitrogens is 1. The number of fused-ring (bicyclic) bond motifs is 3. The van der Waals surface area contributed by atoms with Gasteiger partial charge in [-0.25, -0.2) is 4.79 Å². The summed E-state index contributed by atoms with van der Waals surface area (Å²) in [6, 6.07) is 13.6. The van der Waals surface area contributed by atoms with Gasteiger partial charge in [-0.1, -0.05) is 30.7 Å². The van der Waals surface area contributed by atoms with Crippen LogP contribution in [0.15, 0.2) is 42.5 Å². The number of hydrogen-bond acceptors (Lipinski definition) is 2. The van der Waals surface area contributed by atoms with Crippen molar-refractivity contribution >= 4 is 28.5 Å². The van der Waals surface area contributed by atoms with Crippen LogP contribution >= 0.6 is 11.6 Å². The highest BCUT2D eigenvalue weighted by Gasteiger charge is 2.34. The number of methoxy groups -OCH3 is 1. The van der Waals surface area contributed by atoms with Crippen molar-refractivity contribution in [1.29, 1.82) is 0 Å². The lowest BCUT2D eigenvalue weighted by molar-refractivity contribution is 0.179. The fourth-order valence-corrected chi connectivity index (χ4v) is 4.12. The topological polar surface area (TPSA) is 57.4 Å². The van der Waals surface area contributed by atoms with Crippen molar-refractivity contribution in [3.05, 3.63) is 64.3 Å². The predicted octanol–water partition coefficient (Wildman–Crippen LogP) is 4.90. The van der Waals surface area contributed by atoms with Crippen molar-refractivity contribution in [1.82, 2.24) is 15.2 Å². The third-order valence-corrected chi connectivity index (χ3v) is 5.54. The summed E-state index contributed by atoms with van der Waals surface area (Å²) in [5.41, 5.74) is 4.38. The van der Waals surface area contributed by atoms with Crippen LogP contribution in [0.4, 0.5) is 4.79 Å². The maximum atomic E-state index is 12.9. The average molecular weight is 398 g/mol. The zero-order chi connectivity index (χ0) is 19.7. The molecule has 2 N–H and O–H groups in total. The molecule has 3 aromatic rings. The minimum absolute atomic E-state index is 0.0370. The number of amides is 2. The van der Waals surface area contributed by atoms with Gasteiger partial charge in [0.15, 0.2) is 0 Å². The Morgan fingerprint density at radius 1 is 1.29 bits per heavy atom. The first-order chi connectivity index (χ1) is 13.6. The Morgan fingerprint density at radius 3 is 2.79 bits per heavy atom. The number of rotatable bonds is 4. The summed E-state index contributed by atoms with van der Waals surface area (Å²) in [6.45, 7) is 3.37. The van der Waals surface area contributed by atoms with Crippen LogP contribution in [0.5, 0.6) is 5.75 Å². The first-order valence-corrected chi connectivity index (χ1v) is 9.98. The molecule has 0 saturated carbocycles. The van der Waals surface area contributed by atoms with E-state index in [2.05, 4.69) is 17.2 Å². The smallest absolute Gasteiger partial charge is 0.318 e. The van der Waals surface area contributed by atoms with Crippen molar-refractivity contribution in [2.45, 2.75) is 25.8 Å². The number of ether oxygens (including phenoxy) is 1. The molecule has 0 aliphatic carbocycles. The van der Waals surface area contributed by atoms with E-state index in [0.717, 1.165) is 45.8 Å². The maximum absolute atomic E-state index is 12.9. The molecule has 6 heteroatoms. The summed E-state index contributed by atoms with van der Waals surface area (Å²) in [5.74, 6) is 0.796. The number of benzene rings is 2. The number of halogens is 1. The Hall–Kier alpha value is -2.66. The highest BCUT2D eigenvalue weighted by Crippen LogP contribution is 2.39. The van der Waals surface area contributed by atoms with Crippen molar-refractivity contribution in [3.8, 4) is 5.75 Å². The summed E-state index contributed by atoms with van der Waals surface area (Å²) in [6.07, 6.45) is 1.70. The normalized spacial score (nSPS) is 16.1. The van der Waals surface area contributed by atoms with Crippen LogP contribution in [-0.4, -0.2) is 36.1 Å². The molecular formula is C22H24ClN3O2. The number of carbonyl (C=O) groups excluding carboxylic acids is 1. The van der Waals surface area contributed by atoms with Crippen LogP contribution in [0.2, 0.25) is 5.02 Å². The molecule has 1 aliphatic heterocycles. The van der Waals surface area contributed by atoms with E-state index in [1.807, 2.05) is 47.4 Å². The largest absolute Gasteiger partial charge is 0.497 e. The van der Waals surface area contributed by atoms with Crippen LogP contribution < -0.4 is 10.1 Å². The fourth-order valence-electron chi connectivity index (χ4n) is 3.95. The van der Waals surface area contributed by atoms with E-state index in [0.29, 0.717) is 13.1 Å². The first kappa shape index (κ1) is 18.7. The minimum Gasteiger partial charge on any atom is -0.497 e. The lowest BCUT2D eigenvalue weighted by atomic mass is 9.92. The van der Waals surface area contributed by atoms with Gasteiger partial charge in [-0.15, -0.1) is 0 Å². The van der Waals surface area contributed by atoms with Crippen LogP contribution in [0.25, 0.3) is 10.9 Å². The van der Waals surface area contributed by atoms with Crippen molar-refractivity contribution in [2.75, 3.05) is 20.2 Å². The van der Waals surface area contributed by atoms with Gasteiger partial charge in [0.25, 0.3) is 0 Å². The van der Waals surface area contributed by atoms with Gasteiger partial charge in [0.1, 0.15) is 5.75 Å². The molecule has 146 valence electrons. The SMILES string of the molecule is CCCNC(=O)N1CCc2c([nH]c3ccc(Cl)cc23)[C@H]1c1ccc(OC)cc1. The summed E-state index contributed by atoms with van der Waals surface area (Å²) < 4.78 is 5.30. The average Bonchev–Trinajstić information content (AvgIpc) is 3.09. The molecule has 1 aromatic heterocycles. The van der Waals surface area contributed by atoms with Gasteiger partial charge < -0.3 is 19.9 Å². The number of nitrogens with zero attached hydrogens (tertiary/aromatic N) is 1. The van der Waals surface area contributed by atoms with Crippen molar-refractivity contribution in [2.24, 2.45) is 0 Å². The molecule has 4 rings (SSSR count). The molecule has 0 saturated heterocycles. The van der Waals surface area contributed by atoms with Crippen molar-refractivity contribution in [3.63, 3.8) is 0 Å². The Bertz CT molecular complexity index is 997.